The van der Waals surface area contributed by atoms with Crippen molar-refractivity contribution >= 4 is 5.90 Å². The SMILES string of the molecule is CC(C)(C)C1=N[C@@H](c2ccccc2)CO1.CC(C)(C)c1nc(-c2ccccc2F)co1.Cc1ccc(-c2coc(C(C)(C)C)n2)cc1. The Labute approximate surface area is 279 Å². The van der Waals surface area contributed by atoms with Gasteiger partial charge in [-0.05, 0) is 24.6 Å². The van der Waals surface area contributed by atoms with Crippen molar-refractivity contribution in [3.05, 3.63) is 120 Å². The van der Waals surface area contributed by atoms with E-state index in [0.29, 0.717) is 23.8 Å². The van der Waals surface area contributed by atoms with Crippen molar-refractivity contribution in [2.45, 2.75) is 86.1 Å². The molecule has 0 unspecified atom stereocenters. The number of halogens is 1. The first-order valence-corrected chi connectivity index (χ1v) is 16.0. The molecule has 1 aliphatic rings. The third-order valence-electron chi connectivity index (χ3n) is 7.27. The van der Waals surface area contributed by atoms with Crippen molar-refractivity contribution in [3.63, 3.8) is 0 Å². The predicted octanol–water partition coefficient (Wildman–Crippen LogP) is 10.9. The number of aliphatic imine (C=N–C) groups is 1. The Morgan fingerprint density at radius 1 is 0.638 bits per heavy atom. The van der Waals surface area contributed by atoms with Gasteiger partial charge in [-0.1, -0.05) is 135 Å². The molecule has 7 heteroatoms. The van der Waals surface area contributed by atoms with E-state index >= 15 is 0 Å². The Kier molecular flexibility index (Phi) is 10.9. The number of benzene rings is 3. The highest BCUT2D eigenvalue weighted by Crippen LogP contribution is 2.30. The summed E-state index contributed by atoms with van der Waals surface area (Å²) in [6.45, 7) is 21.4. The summed E-state index contributed by atoms with van der Waals surface area (Å²) in [5.74, 6) is 1.99. The Hall–Kier alpha value is -4.52. The minimum atomic E-state index is -0.281. The normalized spacial score (nSPS) is 14.7. The van der Waals surface area contributed by atoms with Crippen LogP contribution in [-0.4, -0.2) is 22.5 Å². The molecular weight excluding hydrogens is 589 g/mol. The standard InChI is InChI=1S/C14H17NO.C13H14FNO.C13H17NO/c1-10-5-7-11(8-6-10)12-9-16-13(15-12)14(2,3)4;1-13(2,3)12-15-11(8-16-12)9-6-4-5-7-10(9)14;1-13(2,3)12-14-11(9-15-12)10-7-5-4-6-8-10/h5-9H,1-4H3;4-8H,1-3H3;4-8,11H,9H2,1-3H3/t;;11-/m..1/s1. The molecule has 6 rings (SSSR count). The lowest BCUT2D eigenvalue weighted by Crippen LogP contribution is -2.20. The summed E-state index contributed by atoms with van der Waals surface area (Å²) in [7, 11) is 0. The van der Waals surface area contributed by atoms with Crippen molar-refractivity contribution in [1.29, 1.82) is 0 Å². The third-order valence-corrected chi connectivity index (χ3v) is 7.27. The van der Waals surface area contributed by atoms with Gasteiger partial charge in [0.2, 0.25) is 0 Å². The molecule has 3 heterocycles. The second kappa shape index (κ2) is 14.5. The van der Waals surface area contributed by atoms with E-state index in [4.69, 9.17) is 13.6 Å². The minimum Gasteiger partial charge on any atom is -0.478 e. The number of hydrogen-bond donors (Lipinski definition) is 0. The van der Waals surface area contributed by atoms with Gasteiger partial charge in [0.05, 0.1) is 0 Å². The Bertz CT molecular complexity index is 1750. The summed E-state index contributed by atoms with van der Waals surface area (Å²) in [5, 5.41) is 0. The molecule has 0 spiro atoms. The van der Waals surface area contributed by atoms with Crippen LogP contribution in [0.15, 0.2) is 105 Å². The van der Waals surface area contributed by atoms with Crippen LogP contribution in [-0.2, 0) is 15.6 Å². The lowest BCUT2D eigenvalue weighted by molar-refractivity contribution is 0.283. The predicted molar refractivity (Wildman–Crippen MR) is 188 cm³/mol. The Morgan fingerprint density at radius 2 is 1.17 bits per heavy atom. The highest BCUT2D eigenvalue weighted by molar-refractivity contribution is 5.83. The third kappa shape index (κ3) is 9.74. The van der Waals surface area contributed by atoms with Crippen LogP contribution < -0.4 is 0 Å². The van der Waals surface area contributed by atoms with Gasteiger partial charge in [-0.3, -0.25) is 0 Å². The van der Waals surface area contributed by atoms with Crippen LogP contribution in [0.1, 0.15) is 91.3 Å². The fraction of sp³-hybridized carbons (Fsp3) is 0.375. The molecule has 0 saturated carbocycles. The average Bonchev–Trinajstić information content (AvgIpc) is 3.80. The molecule has 0 N–H and O–H groups in total. The van der Waals surface area contributed by atoms with Crippen LogP contribution in [0.2, 0.25) is 0 Å². The van der Waals surface area contributed by atoms with E-state index < -0.39 is 0 Å². The number of aromatic nitrogens is 2. The lowest BCUT2D eigenvalue weighted by atomic mass is 9.97. The highest BCUT2D eigenvalue weighted by Gasteiger charge is 2.29. The van der Waals surface area contributed by atoms with Crippen LogP contribution in [0.25, 0.3) is 22.5 Å². The van der Waals surface area contributed by atoms with Crippen LogP contribution in [0, 0.1) is 18.2 Å². The monoisotopic (exact) mass is 637 g/mol. The van der Waals surface area contributed by atoms with Crippen LogP contribution in [0.3, 0.4) is 0 Å². The number of oxazole rings is 2. The van der Waals surface area contributed by atoms with Gasteiger partial charge in [0.25, 0.3) is 0 Å². The van der Waals surface area contributed by atoms with Crippen molar-refractivity contribution in [1.82, 2.24) is 9.97 Å². The van der Waals surface area contributed by atoms with Crippen molar-refractivity contribution in [3.8, 4) is 22.5 Å². The number of rotatable bonds is 3. The van der Waals surface area contributed by atoms with Gasteiger partial charge in [0.1, 0.15) is 42.4 Å². The quantitative estimate of drug-likeness (QED) is 0.197. The molecule has 2 aromatic heterocycles. The molecule has 1 atom stereocenters. The van der Waals surface area contributed by atoms with E-state index in [2.05, 4.69) is 99.8 Å². The summed E-state index contributed by atoms with van der Waals surface area (Å²) in [6.07, 6.45) is 3.23. The smallest absolute Gasteiger partial charge is 0.199 e. The molecule has 0 radical (unpaired) electrons. The maximum atomic E-state index is 13.5. The topological polar surface area (TPSA) is 73.7 Å². The number of hydrogen-bond acceptors (Lipinski definition) is 6. The molecule has 3 aromatic carbocycles. The Morgan fingerprint density at radius 3 is 1.68 bits per heavy atom. The summed E-state index contributed by atoms with van der Waals surface area (Å²) in [5.41, 5.74) is 5.33. The zero-order valence-electron chi connectivity index (χ0n) is 29.4. The van der Waals surface area contributed by atoms with Crippen LogP contribution in [0.4, 0.5) is 4.39 Å². The second-order valence-electron chi connectivity index (χ2n) is 14.8. The van der Waals surface area contributed by atoms with Gasteiger partial charge in [0.15, 0.2) is 17.7 Å². The van der Waals surface area contributed by atoms with E-state index in [1.807, 2.05) is 39.0 Å². The zero-order chi connectivity index (χ0) is 34.4. The maximum Gasteiger partial charge on any atom is 0.199 e. The largest absolute Gasteiger partial charge is 0.478 e. The van der Waals surface area contributed by atoms with E-state index in [0.717, 1.165) is 23.0 Å². The Balaban J connectivity index is 0.000000160. The fourth-order valence-electron chi connectivity index (χ4n) is 4.52. The zero-order valence-corrected chi connectivity index (χ0v) is 29.4. The molecule has 5 aromatic rings. The summed E-state index contributed by atoms with van der Waals surface area (Å²) >= 11 is 0. The molecule has 0 aliphatic carbocycles. The highest BCUT2D eigenvalue weighted by atomic mass is 19.1. The summed E-state index contributed by atoms with van der Waals surface area (Å²) < 4.78 is 30.0. The van der Waals surface area contributed by atoms with E-state index in [1.165, 1.54) is 23.5 Å². The first-order valence-electron chi connectivity index (χ1n) is 16.0. The molecular formula is C40H48FN3O3. The van der Waals surface area contributed by atoms with E-state index in [-0.39, 0.29) is 28.1 Å². The number of nitrogens with zero attached hydrogens (tertiary/aromatic N) is 3. The van der Waals surface area contributed by atoms with Gasteiger partial charge < -0.3 is 13.6 Å². The maximum absolute atomic E-state index is 13.5. The van der Waals surface area contributed by atoms with Crippen LogP contribution in [0.5, 0.6) is 0 Å². The fourth-order valence-corrected chi connectivity index (χ4v) is 4.52. The number of ether oxygens (including phenoxy) is 1. The van der Waals surface area contributed by atoms with Gasteiger partial charge in [0, 0.05) is 27.4 Å². The van der Waals surface area contributed by atoms with Crippen molar-refractivity contribution < 1.29 is 18.0 Å². The molecule has 0 fully saturated rings. The van der Waals surface area contributed by atoms with E-state index in [1.54, 1.807) is 24.5 Å². The van der Waals surface area contributed by atoms with Crippen LogP contribution >= 0.6 is 0 Å². The lowest BCUT2D eigenvalue weighted by Gasteiger charge is -2.16. The van der Waals surface area contributed by atoms with Crippen molar-refractivity contribution in [2.24, 2.45) is 10.4 Å². The minimum absolute atomic E-state index is 0.0174. The molecule has 47 heavy (non-hydrogen) atoms. The molecule has 1 aliphatic heterocycles. The molecule has 0 amide bonds. The average molecular weight is 638 g/mol. The van der Waals surface area contributed by atoms with Gasteiger partial charge in [-0.25, -0.2) is 19.4 Å². The first-order chi connectivity index (χ1) is 22.0. The molecule has 248 valence electrons. The van der Waals surface area contributed by atoms with E-state index in [9.17, 15) is 4.39 Å². The van der Waals surface area contributed by atoms with Crippen molar-refractivity contribution in [2.75, 3.05) is 6.61 Å². The number of aryl methyl sites for hydroxylation is 1. The first kappa shape index (κ1) is 35.3. The summed E-state index contributed by atoms with van der Waals surface area (Å²) in [4.78, 5) is 13.4. The molecule has 0 saturated heterocycles. The molecule has 0 bridgehead atoms. The second-order valence-corrected chi connectivity index (χ2v) is 14.8. The summed E-state index contributed by atoms with van der Waals surface area (Å²) in [6, 6.07) is 25.3. The van der Waals surface area contributed by atoms with Gasteiger partial charge >= 0.3 is 0 Å². The van der Waals surface area contributed by atoms with Gasteiger partial charge in [-0.2, -0.15) is 0 Å². The van der Waals surface area contributed by atoms with Gasteiger partial charge in [-0.15, -0.1) is 0 Å². The molecule has 6 nitrogen and oxygen atoms in total.